The Hall–Kier alpha value is 0.0100. The first-order valence-electron chi connectivity index (χ1n) is 12.0. The highest BCUT2D eigenvalue weighted by molar-refractivity contribution is 7.99. The molecular formula is C23H42F2N2O3S. The molecule has 2 heterocycles. The van der Waals surface area contributed by atoms with Crippen molar-refractivity contribution in [2.45, 2.75) is 52.1 Å². The quantitative estimate of drug-likeness (QED) is 0.491. The van der Waals surface area contributed by atoms with Crippen LogP contribution in [0.2, 0.25) is 0 Å². The van der Waals surface area contributed by atoms with Crippen LogP contribution in [-0.4, -0.2) is 106 Å². The number of hydrogen-bond donors (Lipinski definition) is 0. The van der Waals surface area contributed by atoms with Gasteiger partial charge in [0.25, 0.3) is 5.92 Å². The Morgan fingerprint density at radius 3 is 2.10 bits per heavy atom. The van der Waals surface area contributed by atoms with E-state index in [2.05, 4.69) is 28.5 Å². The Kier molecular flexibility index (Phi) is 9.45. The smallest absolute Gasteiger partial charge is 0.258 e. The summed E-state index contributed by atoms with van der Waals surface area (Å²) < 4.78 is 43.2. The lowest BCUT2D eigenvalue weighted by atomic mass is 10.1. The van der Waals surface area contributed by atoms with Crippen LogP contribution in [0.3, 0.4) is 0 Å². The molecule has 0 N–H and O–H groups in total. The zero-order valence-electron chi connectivity index (χ0n) is 19.7. The van der Waals surface area contributed by atoms with E-state index in [1.807, 2.05) is 13.8 Å². The molecule has 8 heteroatoms. The molecule has 4 aliphatic rings. The molecule has 182 valence electrons. The van der Waals surface area contributed by atoms with E-state index in [-0.39, 0.29) is 19.1 Å². The van der Waals surface area contributed by atoms with Crippen molar-refractivity contribution in [3.63, 3.8) is 0 Å². The molecule has 0 aromatic heterocycles. The molecule has 0 aromatic carbocycles. The zero-order valence-corrected chi connectivity index (χ0v) is 20.5. The molecule has 0 bridgehead atoms. The van der Waals surface area contributed by atoms with E-state index in [0.717, 1.165) is 26.3 Å². The van der Waals surface area contributed by atoms with Crippen molar-refractivity contribution < 1.29 is 23.0 Å². The molecular weight excluding hydrogens is 422 g/mol. The lowest BCUT2D eigenvalue weighted by Crippen LogP contribution is -2.42. The van der Waals surface area contributed by atoms with Gasteiger partial charge in [-0.1, -0.05) is 0 Å². The zero-order chi connectivity index (χ0) is 22.4. The fourth-order valence-corrected chi connectivity index (χ4v) is 5.32. The van der Waals surface area contributed by atoms with Gasteiger partial charge in [0.05, 0.1) is 37.9 Å². The van der Waals surface area contributed by atoms with Gasteiger partial charge < -0.3 is 19.1 Å². The van der Waals surface area contributed by atoms with Crippen molar-refractivity contribution >= 4 is 11.8 Å². The summed E-state index contributed by atoms with van der Waals surface area (Å²) in [7, 11) is 0. The average Bonchev–Trinajstić information content (AvgIpc) is 3.63. The Labute approximate surface area is 191 Å². The number of alkyl halides is 2. The summed E-state index contributed by atoms with van der Waals surface area (Å²) in [4.78, 5) is 4.69. The lowest BCUT2D eigenvalue weighted by molar-refractivity contribution is -0.0401. The van der Waals surface area contributed by atoms with Gasteiger partial charge in [0, 0.05) is 69.2 Å². The van der Waals surface area contributed by atoms with E-state index in [1.54, 1.807) is 0 Å². The van der Waals surface area contributed by atoms with Crippen molar-refractivity contribution in [2.24, 2.45) is 10.8 Å². The van der Waals surface area contributed by atoms with Crippen LogP contribution >= 0.6 is 11.8 Å². The van der Waals surface area contributed by atoms with Crippen molar-refractivity contribution in [1.29, 1.82) is 0 Å². The van der Waals surface area contributed by atoms with Gasteiger partial charge in [-0.25, -0.2) is 8.78 Å². The highest BCUT2D eigenvalue weighted by Gasteiger charge is 2.71. The van der Waals surface area contributed by atoms with Gasteiger partial charge in [-0.3, -0.25) is 4.90 Å². The van der Waals surface area contributed by atoms with E-state index >= 15 is 0 Å². The highest BCUT2D eigenvalue weighted by Crippen LogP contribution is 2.61. The summed E-state index contributed by atoms with van der Waals surface area (Å²) in [5.41, 5.74) is -0.396. The Morgan fingerprint density at radius 2 is 1.58 bits per heavy atom. The highest BCUT2D eigenvalue weighted by atomic mass is 32.2. The van der Waals surface area contributed by atoms with Gasteiger partial charge in [0.1, 0.15) is 0 Å². The SMILES string of the molecule is CC(C)OCC1(CN2CCOCC2)CC1(F)F.CCOCC1(CN2CCSCC2)CC1. The molecule has 1 unspecified atom stereocenters. The number of morpholine rings is 1. The Balaban J connectivity index is 0.000000179. The third-order valence-corrected chi connectivity index (χ3v) is 7.71. The third-order valence-electron chi connectivity index (χ3n) is 6.77. The first kappa shape index (κ1) is 25.6. The molecule has 2 saturated carbocycles. The minimum atomic E-state index is -2.56. The molecule has 4 rings (SSSR count). The molecule has 0 radical (unpaired) electrons. The van der Waals surface area contributed by atoms with Gasteiger partial charge in [0.2, 0.25) is 0 Å². The first-order valence-corrected chi connectivity index (χ1v) is 13.1. The van der Waals surface area contributed by atoms with Crippen molar-refractivity contribution in [1.82, 2.24) is 9.80 Å². The molecule has 1 atom stereocenters. The second-order valence-corrected chi connectivity index (χ2v) is 11.2. The van der Waals surface area contributed by atoms with E-state index in [4.69, 9.17) is 14.2 Å². The standard InChI is InChI=1S/C12H21F2NO2.C11H21NOS/c1-10(2)17-9-11(7-12(11,13)14)8-15-3-5-16-6-4-15;1-2-13-10-11(3-4-11)9-12-5-7-14-8-6-12/h10H,3-9H2,1-2H3;2-10H2,1H3. The van der Waals surface area contributed by atoms with Crippen LogP contribution in [0.1, 0.15) is 40.0 Å². The molecule has 2 aliphatic heterocycles. The van der Waals surface area contributed by atoms with Crippen molar-refractivity contribution in [3.8, 4) is 0 Å². The van der Waals surface area contributed by atoms with Crippen LogP contribution in [-0.2, 0) is 14.2 Å². The second kappa shape index (κ2) is 11.4. The first-order chi connectivity index (χ1) is 14.8. The minimum Gasteiger partial charge on any atom is -0.381 e. The topological polar surface area (TPSA) is 34.2 Å². The molecule has 31 heavy (non-hydrogen) atoms. The monoisotopic (exact) mass is 464 g/mol. The predicted octanol–water partition coefficient (Wildman–Crippen LogP) is 3.62. The molecule has 5 nitrogen and oxygen atoms in total. The minimum absolute atomic E-state index is 0.00737. The van der Waals surface area contributed by atoms with Crippen molar-refractivity contribution in [3.05, 3.63) is 0 Å². The maximum atomic E-state index is 13.5. The number of halogens is 2. The molecule has 2 aliphatic carbocycles. The van der Waals surface area contributed by atoms with Gasteiger partial charge >= 0.3 is 0 Å². The summed E-state index contributed by atoms with van der Waals surface area (Å²) in [6, 6.07) is 0. The normalized spacial score (nSPS) is 30.0. The number of hydrogen-bond acceptors (Lipinski definition) is 6. The largest absolute Gasteiger partial charge is 0.381 e. The number of rotatable bonds is 10. The summed E-state index contributed by atoms with van der Waals surface area (Å²) in [6.45, 7) is 15.0. The van der Waals surface area contributed by atoms with Crippen LogP contribution < -0.4 is 0 Å². The summed E-state index contributed by atoms with van der Waals surface area (Å²) in [5.74, 6) is 0.0929. The summed E-state index contributed by atoms with van der Waals surface area (Å²) in [5, 5.41) is 0. The van der Waals surface area contributed by atoms with Crippen LogP contribution in [0.5, 0.6) is 0 Å². The van der Waals surface area contributed by atoms with Crippen LogP contribution in [0.25, 0.3) is 0 Å². The van der Waals surface area contributed by atoms with Gasteiger partial charge in [-0.15, -0.1) is 0 Å². The Morgan fingerprint density at radius 1 is 0.968 bits per heavy atom. The number of ether oxygens (including phenoxy) is 3. The fourth-order valence-electron chi connectivity index (χ4n) is 4.35. The maximum Gasteiger partial charge on any atom is 0.258 e. The lowest BCUT2D eigenvalue weighted by Gasteiger charge is -2.30. The second-order valence-electron chi connectivity index (χ2n) is 9.94. The maximum absolute atomic E-state index is 13.5. The van der Waals surface area contributed by atoms with Crippen LogP contribution in [0, 0.1) is 10.8 Å². The van der Waals surface area contributed by atoms with E-state index in [1.165, 1.54) is 44.0 Å². The molecule has 0 spiro atoms. The average molecular weight is 465 g/mol. The Bertz CT molecular complexity index is 539. The fraction of sp³-hybridized carbons (Fsp3) is 1.00. The van der Waals surface area contributed by atoms with E-state index in [9.17, 15) is 8.78 Å². The summed E-state index contributed by atoms with van der Waals surface area (Å²) >= 11 is 2.09. The van der Waals surface area contributed by atoms with Crippen LogP contribution in [0.4, 0.5) is 8.78 Å². The molecule has 2 saturated heterocycles. The third kappa shape index (κ3) is 7.78. The number of thioether (sulfide) groups is 1. The molecule has 0 aromatic rings. The van der Waals surface area contributed by atoms with Gasteiger partial charge in [-0.05, 0) is 33.6 Å². The van der Waals surface area contributed by atoms with Crippen molar-refractivity contribution in [2.75, 3.05) is 83.8 Å². The van der Waals surface area contributed by atoms with Gasteiger partial charge in [0.15, 0.2) is 0 Å². The predicted molar refractivity (Wildman–Crippen MR) is 122 cm³/mol. The van der Waals surface area contributed by atoms with E-state index < -0.39 is 11.3 Å². The summed E-state index contributed by atoms with van der Waals surface area (Å²) in [6.07, 6.45) is 2.74. The number of nitrogens with zero attached hydrogens (tertiary/aromatic N) is 2. The molecule has 0 amide bonds. The van der Waals surface area contributed by atoms with E-state index in [0.29, 0.717) is 25.2 Å². The van der Waals surface area contributed by atoms with Gasteiger partial charge in [-0.2, -0.15) is 11.8 Å². The van der Waals surface area contributed by atoms with Crippen LogP contribution in [0.15, 0.2) is 0 Å². The molecule has 4 fully saturated rings.